The topological polar surface area (TPSA) is 107 Å². The van der Waals surface area contributed by atoms with Crippen LogP contribution in [-0.4, -0.2) is 56.9 Å². The Balaban J connectivity index is 2.31. The molecule has 1 rings (SSSR count). The predicted octanol–water partition coefficient (Wildman–Crippen LogP) is 2.90. The Morgan fingerprint density at radius 3 is 2.54 bits per heavy atom. The molecule has 0 aliphatic carbocycles. The van der Waals surface area contributed by atoms with Gasteiger partial charge in [-0.3, -0.25) is 4.79 Å². The van der Waals surface area contributed by atoms with Gasteiger partial charge in [0.1, 0.15) is 6.10 Å². The van der Waals surface area contributed by atoms with E-state index in [0.29, 0.717) is 32.1 Å². The molecule has 0 aromatic rings. The fraction of sp³-hybridized carbons (Fsp3) is 0.591. The van der Waals surface area contributed by atoms with Crippen molar-refractivity contribution in [2.75, 3.05) is 0 Å². The van der Waals surface area contributed by atoms with Crippen LogP contribution in [-0.2, 0) is 9.53 Å². The fourth-order valence-corrected chi connectivity index (χ4v) is 2.84. The van der Waals surface area contributed by atoms with E-state index in [1.165, 1.54) is 0 Å². The van der Waals surface area contributed by atoms with Crippen LogP contribution in [0.4, 0.5) is 0 Å². The summed E-state index contributed by atoms with van der Waals surface area (Å²) in [5.41, 5.74) is 0. The Hall–Kier alpha value is -1.73. The third-order valence-corrected chi connectivity index (χ3v) is 4.42. The van der Waals surface area contributed by atoms with Crippen molar-refractivity contribution in [2.24, 2.45) is 0 Å². The van der Waals surface area contributed by atoms with Gasteiger partial charge >= 0.3 is 5.97 Å². The molecule has 0 aromatic heterocycles. The largest absolute Gasteiger partial charge is 0.481 e. The van der Waals surface area contributed by atoms with E-state index < -0.39 is 36.5 Å². The summed E-state index contributed by atoms with van der Waals surface area (Å²) in [5, 5.41) is 38.8. The third kappa shape index (κ3) is 10.6. The Labute approximate surface area is 167 Å². The zero-order valence-electron chi connectivity index (χ0n) is 16.6. The molecule has 158 valence electrons. The summed E-state index contributed by atoms with van der Waals surface area (Å²) in [5.74, 6) is -0.807. The summed E-state index contributed by atoms with van der Waals surface area (Å²) in [6.07, 6.45) is 15.2. The lowest BCUT2D eigenvalue weighted by atomic mass is 10.0. The molecule has 1 saturated heterocycles. The molecule has 0 aromatic carbocycles. The maximum atomic E-state index is 10.4. The Morgan fingerprint density at radius 1 is 1.11 bits per heavy atom. The molecule has 0 amide bonds. The first-order valence-electron chi connectivity index (χ1n) is 9.98. The van der Waals surface area contributed by atoms with Crippen molar-refractivity contribution in [3.05, 3.63) is 48.6 Å². The van der Waals surface area contributed by atoms with Crippen LogP contribution in [0.3, 0.4) is 0 Å². The molecule has 28 heavy (non-hydrogen) atoms. The number of aliphatic carboxylic acids is 1. The lowest BCUT2D eigenvalue weighted by Gasteiger charge is -2.16. The highest BCUT2D eigenvalue weighted by Crippen LogP contribution is 2.25. The zero-order valence-corrected chi connectivity index (χ0v) is 16.6. The van der Waals surface area contributed by atoms with Crippen molar-refractivity contribution in [3.8, 4) is 0 Å². The average Bonchev–Trinajstić information content (AvgIpc) is 3.03. The fourth-order valence-electron chi connectivity index (χ4n) is 2.84. The van der Waals surface area contributed by atoms with Crippen LogP contribution in [0, 0.1) is 0 Å². The summed E-state index contributed by atoms with van der Waals surface area (Å²) < 4.78 is 5.72. The number of carboxylic acids is 1. The van der Waals surface area contributed by atoms with E-state index in [0.717, 1.165) is 6.42 Å². The Kier molecular flexibility index (Phi) is 12.4. The first-order valence-corrected chi connectivity index (χ1v) is 9.98. The van der Waals surface area contributed by atoms with Gasteiger partial charge in [-0.1, -0.05) is 55.5 Å². The van der Waals surface area contributed by atoms with Crippen molar-refractivity contribution in [3.63, 3.8) is 0 Å². The van der Waals surface area contributed by atoms with Gasteiger partial charge in [-0.15, -0.1) is 0 Å². The number of rotatable bonds is 13. The molecule has 0 bridgehead atoms. The molecular formula is C22H34O6. The molecule has 1 heterocycles. The van der Waals surface area contributed by atoms with Gasteiger partial charge in [-0.05, 0) is 32.1 Å². The maximum absolute atomic E-state index is 10.4. The highest BCUT2D eigenvalue weighted by molar-refractivity contribution is 5.66. The molecule has 0 spiro atoms. The number of aliphatic hydroxyl groups excluding tert-OH is 3. The van der Waals surface area contributed by atoms with E-state index in [1.54, 1.807) is 12.2 Å². The summed E-state index contributed by atoms with van der Waals surface area (Å²) >= 11 is 0. The second-order valence-corrected chi connectivity index (χ2v) is 6.92. The van der Waals surface area contributed by atoms with E-state index in [2.05, 4.69) is 0 Å². The molecule has 1 fully saturated rings. The van der Waals surface area contributed by atoms with Gasteiger partial charge in [-0.2, -0.15) is 0 Å². The van der Waals surface area contributed by atoms with Crippen LogP contribution in [0.25, 0.3) is 0 Å². The van der Waals surface area contributed by atoms with Crippen molar-refractivity contribution in [1.82, 2.24) is 0 Å². The van der Waals surface area contributed by atoms with Gasteiger partial charge in [-0.25, -0.2) is 0 Å². The molecule has 0 unspecified atom stereocenters. The lowest BCUT2D eigenvalue weighted by Crippen LogP contribution is -2.25. The summed E-state index contributed by atoms with van der Waals surface area (Å²) in [4.78, 5) is 10.4. The first-order chi connectivity index (χ1) is 13.4. The normalized spacial score (nSPS) is 25.5. The second-order valence-electron chi connectivity index (χ2n) is 6.92. The number of aliphatic hydroxyl groups is 3. The van der Waals surface area contributed by atoms with Crippen LogP contribution in [0.1, 0.15) is 51.9 Å². The third-order valence-electron chi connectivity index (χ3n) is 4.42. The van der Waals surface area contributed by atoms with Gasteiger partial charge in [0, 0.05) is 12.8 Å². The molecule has 1 aliphatic heterocycles. The smallest absolute Gasteiger partial charge is 0.303 e. The molecule has 6 heteroatoms. The Bertz CT molecular complexity index is 551. The van der Waals surface area contributed by atoms with Gasteiger partial charge in [0.25, 0.3) is 0 Å². The van der Waals surface area contributed by atoms with E-state index in [4.69, 9.17) is 9.84 Å². The predicted molar refractivity (Wildman–Crippen MR) is 109 cm³/mol. The van der Waals surface area contributed by atoms with Crippen LogP contribution in [0.5, 0.6) is 0 Å². The number of carboxylic acid groups (broad SMARTS) is 1. The van der Waals surface area contributed by atoms with Crippen LogP contribution >= 0.6 is 0 Å². The molecule has 5 atom stereocenters. The van der Waals surface area contributed by atoms with E-state index in [-0.39, 0.29) is 6.42 Å². The van der Waals surface area contributed by atoms with Crippen LogP contribution in [0.2, 0.25) is 0 Å². The zero-order chi connectivity index (χ0) is 20.8. The minimum absolute atomic E-state index is 0.127. The van der Waals surface area contributed by atoms with Crippen molar-refractivity contribution < 1.29 is 30.0 Å². The van der Waals surface area contributed by atoms with Gasteiger partial charge in [0.05, 0.1) is 24.4 Å². The number of ether oxygens (including phenoxy) is 1. The molecule has 6 nitrogen and oxygen atoms in total. The summed E-state index contributed by atoms with van der Waals surface area (Å²) in [6, 6.07) is 0. The standard InChI is InChI=1S/C22H34O6/c1-2-3-8-11-17(23)14-15-20-19(25)16-21(28-20)18(24)12-9-6-4-5-7-10-13-22(26)27/h3,5-9,14-15,17-21,23-25H,2,4,10-13,16H2,1H3,(H,26,27)/b7-5-,8-3-,9-6-,15-14+/t17-,18+,19-,20-,21+/m0/s1. The van der Waals surface area contributed by atoms with Gasteiger partial charge < -0.3 is 25.2 Å². The quantitative estimate of drug-likeness (QED) is 0.358. The summed E-state index contributed by atoms with van der Waals surface area (Å²) in [6.45, 7) is 2.03. The van der Waals surface area contributed by atoms with Gasteiger partial charge in [0.15, 0.2) is 0 Å². The second kappa shape index (κ2) is 14.3. The molecule has 0 radical (unpaired) electrons. The number of hydrogen-bond acceptors (Lipinski definition) is 5. The number of carbonyl (C=O) groups is 1. The van der Waals surface area contributed by atoms with Crippen molar-refractivity contribution in [1.29, 1.82) is 0 Å². The highest BCUT2D eigenvalue weighted by Gasteiger charge is 2.35. The monoisotopic (exact) mass is 394 g/mol. The van der Waals surface area contributed by atoms with Gasteiger partial charge in [0.2, 0.25) is 0 Å². The van der Waals surface area contributed by atoms with E-state index in [1.807, 2.05) is 43.4 Å². The molecule has 0 saturated carbocycles. The molecule has 1 aliphatic rings. The lowest BCUT2D eigenvalue weighted by molar-refractivity contribution is -0.136. The average molecular weight is 395 g/mol. The van der Waals surface area contributed by atoms with E-state index in [9.17, 15) is 20.1 Å². The number of hydrogen-bond donors (Lipinski definition) is 4. The van der Waals surface area contributed by atoms with Crippen LogP contribution in [0.15, 0.2) is 48.6 Å². The molecule has 4 N–H and O–H groups in total. The van der Waals surface area contributed by atoms with Crippen molar-refractivity contribution >= 4 is 5.97 Å². The highest BCUT2D eigenvalue weighted by atomic mass is 16.5. The minimum Gasteiger partial charge on any atom is -0.481 e. The summed E-state index contributed by atoms with van der Waals surface area (Å²) in [7, 11) is 0. The minimum atomic E-state index is -0.807. The van der Waals surface area contributed by atoms with Crippen LogP contribution < -0.4 is 0 Å². The van der Waals surface area contributed by atoms with Crippen molar-refractivity contribution in [2.45, 2.75) is 82.4 Å². The Morgan fingerprint density at radius 2 is 1.82 bits per heavy atom. The van der Waals surface area contributed by atoms with E-state index >= 15 is 0 Å². The SMILES string of the molecule is CC/C=C\C[C@H](O)/C=C/[C@@H]1O[C@@H]([C@H](O)C/C=C\C/C=C\CCC(=O)O)C[C@@H]1O. The first kappa shape index (κ1) is 24.3. The maximum Gasteiger partial charge on any atom is 0.303 e. The number of allylic oxidation sites excluding steroid dienone is 4. The molecular weight excluding hydrogens is 360 g/mol.